The maximum atomic E-state index is 12.7. The van der Waals surface area contributed by atoms with Gasteiger partial charge in [-0.3, -0.25) is 0 Å². The van der Waals surface area contributed by atoms with Crippen molar-refractivity contribution in [2.75, 3.05) is 19.0 Å². The fourth-order valence-electron chi connectivity index (χ4n) is 2.57. The normalized spacial score (nSPS) is 12.4. The lowest BCUT2D eigenvalue weighted by Gasteiger charge is -2.17. The Morgan fingerprint density at radius 3 is 2.43 bits per heavy atom. The largest absolute Gasteiger partial charge is 0.497 e. The van der Waals surface area contributed by atoms with Crippen LogP contribution >= 0.6 is 0 Å². The predicted octanol–water partition coefficient (Wildman–Crippen LogP) is 3.12. The molecule has 0 aliphatic heterocycles. The van der Waals surface area contributed by atoms with Gasteiger partial charge in [0.2, 0.25) is 10.0 Å². The summed E-state index contributed by atoms with van der Waals surface area (Å²) in [5.41, 5.74) is 1.36. The fraction of sp³-hybridized carbons (Fsp3) is 0.350. The van der Waals surface area contributed by atoms with E-state index in [-0.39, 0.29) is 16.5 Å². The first-order valence-corrected chi connectivity index (χ1v) is 10.5. The Morgan fingerprint density at radius 1 is 1.18 bits per heavy atom. The van der Waals surface area contributed by atoms with Crippen LogP contribution in [0.5, 0.6) is 5.75 Å². The molecule has 0 aliphatic carbocycles. The standard InChI is InChI=1S/C20H26N2O5S/c1-4-14(2)22-28(25,26)19-13-16(20(23)24)7-10-18(19)21-12-11-15-5-8-17(27-3)9-6-15/h5-10,13-14,21-22H,4,11-12H2,1-3H3,(H,23,24)/t14-/m0/s1. The Labute approximate surface area is 165 Å². The number of ether oxygens (including phenoxy) is 1. The minimum absolute atomic E-state index is 0.0672. The average Bonchev–Trinajstić information content (AvgIpc) is 2.68. The van der Waals surface area contributed by atoms with Crippen LogP contribution in [0.15, 0.2) is 47.4 Å². The third kappa shape index (κ3) is 5.71. The van der Waals surface area contributed by atoms with Gasteiger partial charge in [-0.1, -0.05) is 19.1 Å². The van der Waals surface area contributed by atoms with E-state index in [1.54, 1.807) is 14.0 Å². The number of hydrogen-bond acceptors (Lipinski definition) is 5. The van der Waals surface area contributed by atoms with E-state index in [1.807, 2.05) is 31.2 Å². The molecule has 7 nitrogen and oxygen atoms in total. The van der Waals surface area contributed by atoms with Crippen LogP contribution in [0.1, 0.15) is 36.2 Å². The van der Waals surface area contributed by atoms with Crippen LogP contribution in [-0.2, 0) is 16.4 Å². The van der Waals surface area contributed by atoms with Gasteiger partial charge in [-0.25, -0.2) is 17.9 Å². The Balaban J connectivity index is 2.21. The number of methoxy groups -OCH3 is 1. The Morgan fingerprint density at radius 2 is 1.86 bits per heavy atom. The summed E-state index contributed by atoms with van der Waals surface area (Å²) in [6, 6.07) is 11.4. The van der Waals surface area contributed by atoms with E-state index in [1.165, 1.54) is 18.2 Å². The molecule has 28 heavy (non-hydrogen) atoms. The summed E-state index contributed by atoms with van der Waals surface area (Å²) in [6.07, 6.45) is 1.29. The molecule has 2 aromatic carbocycles. The van der Waals surface area contributed by atoms with Crippen molar-refractivity contribution in [2.45, 2.75) is 37.6 Å². The molecule has 0 heterocycles. The number of benzene rings is 2. The quantitative estimate of drug-likeness (QED) is 0.560. The first-order valence-electron chi connectivity index (χ1n) is 9.03. The summed E-state index contributed by atoms with van der Waals surface area (Å²) >= 11 is 0. The van der Waals surface area contributed by atoms with E-state index in [2.05, 4.69) is 10.0 Å². The van der Waals surface area contributed by atoms with Crippen LogP contribution in [0.2, 0.25) is 0 Å². The van der Waals surface area contributed by atoms with Crippen LogP contribution < -0.4 is 14.8 Å². The summed E-state index contributed by atoms with van der Waals surface area (Å²) in [7, 11) is -2.25. The molecule has 0 unspecified atom stereocenters. The van der Waals surface area contributed by atoms with E-state index < -0.39 is 16.0 Å². The van der Waals surface area contributed by atoms with Crippen molar-refractivity contribution in [1.82, 2.24) is 4.72 Å². The zero-order valence-electron chi connectivity index (χ0n) is 16.2. The number of carboxylic acids is 1. The van der Waals surface area contributed by atoms with Gasteiger partial charge in [-0.05, 0) is 55.7 Å². The van der Waals surface area contributed by atoms with Crippen molar-refractivity contribution in [1.29, 1.82) is 0 Å². The monoisotopic (exact) mass is 406 g/mol. The number of sulfonamides is 1. The number of rotatable bonds is 10. The molecule has 0 saturated heterocycles. The van der Waals surface area contributed by atoms with Gasteiger partial charge in [0.05, 0.1) is 18.4 Å². The molecule has 1 atom stereocenters. The molecule has 2 rings (SSSR count). The van der Waals surface area contributed by atoms with Gasteiger partial charge < -0.3 is 15.2 Å². The van der Waals surface area contributed by atoms with E-state index in [4.69, 9.17) is 4.74 Å². The molecule has 0 radical (unpaired) electrons. The molecular formula is C20H26N2O5S. The highest BCUT2D eigenvalue weighted by Gasteiger charge is 2.22. The fourth-order valence-corrected chi connectivity index (χ4v) is 4.10. The highest BCUT2D eigenvalue weighted by atomic mass is 32.2. The second kappa shape index (κ2) is 9.57. The van der Waals surface area contributed by atoms with Crippen LogP contribution in [0.4, 0.5) is 5.69 Å². The molecule has 0 aromatic heterocycles. The number of carbonyl (C=O) groups is 1. The van der Waals surface area contributed by atoms with Gasteiger partial charge in [-0.2, -0.15) is 0 Å². The first kappa shape index (κ1) is 21.7. The molecule has 0 fully saturated rings. The van der Waals surface area contributed by atoms with Gasteiger partial charge in [0.1, 0.15) is 10.6 Å². The molecule has 3 N–H and O–H groups in total. The van der Waals surface area contributed by atoms with Crippen LogP contribution in [0.25, 0.3) is 0 Å². The summed E-state index contributed by atoms with van der Waals surface area (Å²) in [6.45, 7) is 4.12. The number of carboxylic acid groups (broad SMARTS) is 1. The van der Waals surface area contributed by atoms with Crippen molar-refractivity contribution in [3.8, 4) is 5.75 Å². The average molecular weight is 407 g/mol. The maximum Gasteiger partial charge on any atom is 0.335 e. The van der Waals surface area contributed by atoms with Crippen molar-refractivity contribution in [2.24, 2.45) is 0 Å². The van der Waals surface area contributed by atoms with Crippen molar-refractivity contribution in [3.05, 3.63) is 53.6 Å². The van der Waals surface area contributed by atoms with Gasteiger partial charge in [0.25, 0.3) is 0 Å². The third-order valence-corrected chi connectivity index (χ3v) is 6.00. The minimum Gasteiger partial charge on any atom is -0.497 e. The highest BCUT2D eigenvalue weighted by molar-refractivity contribution is 7.89. The van der Waals surface area contributed by atoms with Crippen LogP contribution in [0, 0.1) is 0 Å². The Bertz CT molecular complexity index is 911. The summed E-state index contributed by atoms with van der Waals surface area (Å²) in [5, 5.41) is 12.3. The van der Waals surface area contributed by atoms with Crippen molar-refractivity contribution >= 4 is 21.7 Å². The molecule has 0 saturated carbocycles. The number of hydrogen-bond donors (Lipinski definition) is 3. The highest BCUT2D eigenvalue weighted by Crippen LogP contribution is 2.24. The molecule has 8 heteroatoms. The van der Waals surface area contributed by atoms with E-state index in [0.29, 0.717) is 25.1 Å². The maximum absolute atomic E-state index is 12.7. The zero-order valence-corrected chi connectivity index (χ0v) is 17.0. The van der Waals surface area contributed by atoms with Crippen LogP contribution in [0.3, 0.4) is 0 Å². The summed E-state index contributed by atoms with van der Waals surface area (Å²) in [5.74, 6) is -0.407. The van der Waals surface area contributed by atoms with Gasteiger partial charge in [-0.15, -0.1) is 0 Å². The van der Waals surface area contributed by atoms with E-state index in [9.17, 15) is 18.3 Å². The SMILES string of the molecule is CC[C@H](C)NS(=O)(=O)c1cc(C(=O)O)ccc1NCCc1ccc(OC)cc1. The minimum atomic E-state index is -3.85. The molecule has 152 valence electrons. The second-order valence-corrected chi connectivity index (χ2v) is 8.15. The Kier molecular flexibility index (Phi) is 7.42. The number of anilines is 1. The predicted molar refractivity (Wildman–Crippen MR) is 109 cm³/mol. The first-order chi connectivity index (χ1) is 13.3. The van der Waals surface area contributed by atoms with Crippen molar-refractivity contribution in [3.63, 3.8) is 0 Å². The smallest absolute Gasteiger partial charge is 0.335 e. The lowest BCUT2D eigenvalue weighted by Crippen LogP contribution is -2.32. The van der Waals surface area contributed by atoms with E-state index >= 15 is 0 Å². The molecule has 0 amide bonds. The van der Waals surface area contributed by atoms with Crippen LogP contribution in [-0.4, -0.2) is 39.2 Å². The molecular weight excluding hydrogens is 380 g/mol. The molecule has 0 bridgehead atoms. The summed E-state index contributed by atoms with van der Waals surface area (Å²) in [4.78, 5) is 11.2. The van der Waals surface area contributed by atoms with Gasteiger partial charge in [0, 0.05) is 12.6 Å². The molecule has 2 aromatic rings. The van der Waals surface area contributed by atoms with Gasteiger partial charge >= 0.3 is 5.97 Å². The number of aromatic carboxylic acids is 1. The van der Waals surface area contributed by atoms with Crippen molar-refractivity contribution < 1.29 is 23.1 Å². The van der Waals surface area contributed by atoms with E-state index in [0.717, 1.165) is 11.3 Å². The number of nitrogens with one attached hydrogen (secondary N) is 2. The second-order valence-electron chi connectivity index (χ2n) is 6.47. The third-order valence-electron chi connectivity index (χ3n) is 4.37. The lowest BCUT2D eigenvalue weighted by atomic mass is 10.1. The lowest BCUT2D eigenvalue weighted by molar-refractivity contribution is 0.0696. The Hall–Kier alpha value is -2.58. The van der Waals surface area contributed by atoms with Gasteiger partial charge in [0.15, 0.2) is 0 Å². The summed E-state index contributed by atoms with van der Waals surface area (Å²) < 4.78 is 33.2. The zero-order chi connectivity index (χ0) is 20.7. The molecule has 0 aliphatic rings. The molecule has 0 spiro atoms. The topological polar surface area (TPSA) is 105 Å².